The Bertz CT molecular complexity index is 871. The molecule has 30 heavy (non-hydrogen) atoms. The van der Waals surface area contributed by atoms with Crippen LogP contribution in [0.2, 0.25) is 0 Å². The SMILES string of the molecule is CC(C)(C)OC(=O)COCCc1c(F)cc(-c2cccnc2SC2CCC2)cc1F. The van der Waals surface area contributed by atoms with Gasteiger partial charge >= 0.3 is 5.97 Å². The second-order valence-electron chi connectivity index (χ2n) is 8.33. The van der Waals surface area contributed by atoms with Crippen LogP contribution in [0.5, 0.6) is 0 Å². The van der Waals surface area contributed by atoms with E-state index in [4.69, 9.17) is 9.47 Å². The van der Waals surface area contributed by atoms with Crippen LogP contribution in [0, 0.1) is 11.6 Å². The average molecular weight is 436 g/mol. The Kier molecular flexibility index (Phi) is 7.47. The molecule has 0 unspecified atom stereocenters. The fraction of sp³-hybridized carbons (Fsp3) is 0.478. The lowest BCUT2D eigenvalue weighted by molar-refractivity contribution is -0.160. The van der Waals surface area contributed by atoms with Crippen molar-refractivity contribution in [1.29, 1.82) is 0 Å². The molecule has 0 radical (unpaired) electrons. The summed E-state index contributed by atoms with van der Waals surface area (Å²) < 4.78 is 39.7. The van der Waals surface area contributed by atoms with Crippen LogP contribution in [-0.2, 0) is 20.7 Å². The Morgan fingerprint density at radius 3 is 2.53 bits per heavy atom. The topological polar surface area (TPSA) is 48.4 Å². The Balaban J connectivity index is 1.64. The van der Waals surface area contributed by atoms with Crippen LogP contribution in [0.4, 0.5) is 8.78 Å². The van der Waals surface area contributed by atoms with Crippen LogP contribution < -0.4 is 0 Å². The highest BCUT2D eigenvalue weighted by Crippen LogP contribution is 2.40. The van der Waals surface area contributed by atoms with Gasteiger partial charge in [-0.15, -0.1) is 11.8 Å². The average Bonchev–Trinajstić information content (AvgIpc) is 2.62. The van der Waals surface area contributed by atoms with Crippen LogP contribution >= 0.6 is 11.8 Å². The summed E-state index contributed by atoms with van der Waals surface area (Å²) in [6.07, 6.45) is 5.23. The monoisotopic (exact) mass is 435 g/mol. The molecule has 1 fully saturated rings. The molecule has 7 heteroatoms. The van der Waals surface area contributed by atoms with Crippen molar-refractivity contribution >= 4 is 17.7 Å². The second kappa shape index (κ2) is 9.88. The summed E-state index contributed by atoms with van der Waals surface area (Å²) >= 11 is 1.67. The summed E-state index contributed by atoms with van der Waals surface area (Å²) in [4.78, 5) is 16.1. The van der Waals surface area contributed by atoms with Gasteiger partial charge in [0.05, 0.1) is 6.61 Å². The Labute approximate surface area is 180 Å². The van der Waals surface area contributed by atoms with Crippen LogP contribution in [-0.4, -0.2) is 35.0 Å². The van der Waals surface area contributed by atoms with Gasteiger partial charge in [-0.1, -0.05) is 12.5 Å². The van der Waals surface area contributed by atoms with Crippen molar-refractivity contribution in [1.82, 2.24) is 4.98 Å². The number of thioether (sulfide) groups is 1. The highest BCUT2D eigenvalue weighted by molar-refractivity contribution is 8.00. The van der Waals surface area contributed by atoms with Gasteiger partial charge in [-0.3, -0.25) is 0 Å². The molecule has 0 bridgehead atoms. The highest BCUT2D eigenvalue weighted by Gasteiger charge is 2.22. The normalized spacial score (nSPS) is 14.4. The lowest BCUT2D eigenvalue weighted by atomic mass is 10.00. The number of nitrogens with zero attached hydrogens (tertiary/aromatic N) is 1. The Hall–Kier alpha value is -1.99. The van der Waals surface area contributed by atoms with Crippen molar-refractivity contribution in [2.24, 2.45) is 0 Å². The quantitative estimate of drug-likeness (QED) is 0.401. The highest BCUT2D eigenvalue weighted by atomic mass is 32.2. The number of pyridine rings is 1. The first-order valence-electron chi connectivity index (χ1n) is 10.1. The van der Waals surface area contributed by atoms with Gasteiger partial charge in [0.1, 0.15) is 28.9 Å². The van der Waals surface area contributed by atoms with Gasteiger partial charge in [0.2, 0.25) is 0 Å². The van der Waals surface area contributed by atoms with Gasteiger partial charge in [0.15, 0.2) is 0 Å². The van der Waals surface area contributed by atoms with Crippen molar-refractivity contribution in [3.05, 3.63) is 47.7 Å². The molecule has 1 heterocycles. The van der Waals surface area contributed by atoms with E-state index in [0.29, 0.717) is 10.8 Å². The molecule has 1 aromatic heterocycles. The largest absolute Gasteiger partial charge is 0.458 e. The third-order valence-electron chi connectivity index (χ3n) is 4.69. The Morgan fingerprint density at radius 2 is 1.93 bits per heavy atom. The first-order valence-corrected chi connectivity index (χ1v) is 11.0. The molecule has 0 N–H and O–H groups in total. The first-order chi connectivity index (χ1) is 14.2. The van der Waals surface area contributed by atoms with E-state index in [1.54, 1.807) is 44.8 Å². The number of carbonyl (C=O) groups excluding carboxylic acids is 1. The van der Waals surface area contributed by atoms with E-state index >= 15 is 0 Å². The van der Waals surface area contributed by atoms with Gasteiger partial charge in [0, 0.05) is 29.0 Å². The molecule has 162 valence electrons. The molecule has 0 atom stereocenters. The smallest absolute Gasteiger partial charge is 0.332 e. The van der Waals surface area contributed by atoms with Crippen molar-refractivity contribution in [3.8, 4) is 11.1 Å². The zero-order valence-electron chi connectivity index (χ0n) is 17.5. The number of hydrogen-bond acceptors (Lipinski definition) is 5. The van der Waals surface area contributed by atoms with E-state index in [0.717, 1.165) is 23.4 Å². The summed E-state index contributed by atoms with van der Waals surface area (Å²) in [6.45, 7) is 5.04. The number of benzene rings is 1. The molecule has 0 saturated heterocycles. The van der Waals surface area contributed by atoms with E-state index in [-0.39, 0.29) is 25.2 Å². The zero-order valence-corrected chi connectivity index (χ0v) is 18.4. The molecule has 0 spiro atoms. The number of carbonyl (C=O) groups is 1. The Morgan fingerprint density at radius 1 is 1.23 bits per heavy atom. The molecule has 4 nitrogen and oxygen atoms in total. The maximum Gasteiger partial charge on any atom is 0.332 e. The molecule has 3 rings (SSSR count). The fourth-order valence-corrected chi connectivity index (χ4v) is 4.37. The standard InChI is InChI=1S/C23H27F2NO3S/c1-23(2,3)29-21(27)14-28-11-9-18-19(24)12-15(13-20(18)25)17-8-5-10-26-22(17)30-16-6-4-7-16/h5,8,10,12-13,16H,4,6-7,9,11,14H2,1-3H3. The van der Waals surface area contributed by atoms with Crippen molar-refractivity contribution in [2.45, 2.75) is 62.3 Å². The van der Waals surface area contributed by atoms with Gasteiger partial charge in [0.25, 0.3) is 0 Å². The molecule has 1 aromatic carbocycles. The molecule has 1 aliphatic rings. The van der Waals surface area contributed by atoms with Crippen molar-refractivity contribution < 1.29 is 23.0 Å². The first kappa shape index (κ1) is 22.7. The predicted molar refractivity (Wildman–Crippen MR) is 113 cm³/mol. The van der Waals surface area contributed by atoms with Crippen LogP contribution in [0.3, 0.4) is 0 Å². The zero-order chi connectivity index (χ0) is 21.7. The number of esters is 1. The van der Waals surface area contributed by atoms with E-state index in [2.05, 4.69) is 4.98 Å². The lowest BCUT2D eigenvalue weighted by Crippen LogP contribution is -2.26. The van der Waals surface area contributed by atoms with Gasteiger partial charge in [-0.25, -0.2) is 18.6 Å². The molecule has 0 aliphatic heterocycles. The summed E-state index contributed by atoms with van der Waals surface area (Å²) in [7, 11) is 0. The van der Waals surface area contributed by atoms with E-state index in [9.17, 15) is 13.6 Å². The second-order valence-corrected chi connectivity index (χ2v) is 9.62. The van der Waals surface area contributed by atoms with Crippen LogP contribution in [0.1, 0.15) is 45.6 Å². The van der Waals surface area contributed by atoms with Gasteiger partial charge in [-0.2, -0.15) is 0 Å². The number of ether oxygens (including phenoxy) is 2. The molecular formula is C23H27F2NO3S. The molecule has 1 aliphatic carbocycles. The van der Waals surface area contributed by atoms with Crippen molar-refractivity contribution in [3.63, 3.8) is 0 Å². The third kappa shape index (κ3) is 6.25. The van der Waals surface area contributed by atoms with E-state index < -0.39 is 23.2 Å². The van der Waals surface area contributed by atoms with Crippen LogP contribution in [0.25, 0.3) is 11.1 Å². The molecule has 1 saturated carbocycles. The van der Waals surface area contributed by atoms with Crippen molar-refractivity contribution in [2.75, 3.05) is 13.2 Å². The fourth-order valence-electron chi connectivity index (χ4n) is 3.05. The summed E-state index contributed by atoms with van der Waals surface area (Å²) in [5, 5.41) is 1.32. The minimum Gasteiger partial charge on any atom is -0.458 e. The number of halogens is 2. The number of aromatic nitrogens is 1. The summed E-state index contributed by atoms with van der Waals surface area (Å²) in [5.41, 5.74) is 0.551. The van der Waals surface area contributed by atoms with Crippen LogP contribution in [0.15, 0.2) is 35.5 Å². The summed E-state index contributed by atoms with van der Waals surface area (Å²) in [6, 6.07) is 6.29. The van der Waals surface area contributed by atoms with Gasteiger partial charge in [-0.05, 0) is 57.4 Å². The number of rotatable bonds is 8. The predicted octanol–water partition coefficient (Wildman–Crippen LogP) is 5.57. The van der Waals surface area contributed by atoms with Gasteiger partial charge < -0.3 is 9.47 Å². The minimum atomic E-state index is -0.630. The maximum atomic E-state index is 14.7. The van der Waals surface area contributed by atoms with E-state index in [1.807, 2.05) is 6.07 Å². The number of hydrogen-bond donors (Lipinski definition) is 0. The molecular weight excluding hydrogens is 408 g/mol. The maximum absolute atomic E-state index is 14.7. The summed E-state index contributed by atoms with van der Waals surface area (Å²) in [5.74, 6) is -1.77. The lowest BCUT2D eigenvalue weighted by Gasteiger charge is -2.25. The molecule has 0 amide bonds. The van der Waals surface area contributed by atoms with E-state index in [1.165, 1.54) is 18.6 Å². The minimum absolute atomic E-state index is 0.0160. The molecule has 2 aromatic rings. The third-order valence-corrected chi connectivity index (χ3v) is 6.04.